The number of amidine groups is 1. The van der Waals surface area contributed by atoms with Crippen molar-refractivity contribution in [3.8, 4) is 27.7 Å². The fraction of sp³-hybridized carbons (Fsp3) is 0.304. The molecule has 2 aliphatic rings. The summed E-state index contributed by atoms with van der Waals surface area (Å²) in [5, 5.41) is 0. The van der Waals surface area contributed by atoms with Crippen LogP contribution in [0, 0.1) is 5.41 Å². The van der Waals surface area contributed by atoms with Crippen molar-refractivity contribution in [1.29, 1.82) is 0 Å². The summed E-state index contributed by atoms with van der Waals surface area (Å²) in [5.41, 5.74) is 9.97. The number of benzene rings is 2. The van der Waals surface area contributed by atoms with Gasteiger partial charge in [0.25, 0.3) is 6.02 Å². The average Bonchev–Trinajstić information content (AvgIpc) is 3.37. The predicted molar refractivity (Wildman–Crippen MR) is 117 cm³/mol. The first-order valence-corrected chi connectivity index (χ1v) is 10.7. The zero-order chi connectivity index (χ0) is 20.9. The molecule has 0 radical (unpaired) electrons. The molecule has 0 saturated carbocycles. The van der Waals surface area contributed by atoms with Gasteiger partial charge in [0, 0.05) is 17.3 Å². The largest absolute Gasteiger partial charge is 0.493 e. The molecule has 154 valence electrons. The van der Waals surface area contributed by atoms with Gasteiger partial charge in [0.15, 0.2) is 5.54 Å². The Labute approximate surface area is 179 Å². The smallest absolute Gasteiger partial charge is 0.283 e. The van der Waals surface area contributed by atoms with Crippen molar-refractivity contribution in [3.63, 3.8) is 0 Å². The highest BCUT2D eigenvalue weighted by atomic mass is 32.1. The molecule has 3 aromatic rings. The van der Waals surface area contributed by atoms with Gasteiger partial charge in [-0.05, 0) is 47.4 Å². The van der Waals surface area contributed by atoms with Crippen LogP contribution < -0.4 is 15.2 Å². The lowest BCUT2D eigenvalue weighted by Crippen LogP contribution is -2.31. The lowest BCUT2D eigenvalue weighted by molar-refractivity contribution is 0.197. The second kappa shape index (κ2) is 6.74. The number of aliphatic imine (C=N–C) groups is 1. The van der Waals surface area contributed by atoms with E-state index < -0.39 is 5.54 Å². The number of ether oxygens (including phenoxy) is 3. The van der Waals surface area contributed by atoms with Crippen LogP contribution in [0.15, 0.2) is 53.1 Å². The van der Waals surface area contributed by atoms with Gasteiger partial charge < -0.3 is 19.9 Å². The first-order chi connectivity index (χ1) is 14.3. The van der Waals surface area contributed by atoms with E-state index in [1.54, 1.807) is 11.3 Å². The Morgan fingerprint density at radius 2 is 1.90 bits per heavy atom. The van der Waals surface area contributed by atoms with Crippen LogP contribution >= 0.6 is 11.3 Å². The summed E-state index contributed by atoms with van der Waals surface area (Å²) in [6.07, 6.45) is 1.86. The van der Waals surface area contributed by atoms with Crippen molar-refractivity contribution < 1.29 is 14.2 Å². The molecule has 6 nitrogen and oxygen atoms in total. The van der Waals surface area contributed by atoms with Crippen LogP contribution in [0.4, 0.5) is 0 Å². The van der Waals surface area contributed by atoms with Crippen molar-refractivity contribution >= 4 is 17.4 Å². The monoisotopic (exact) mass is 421 g/mol. The Morgan fingerprint density at radius 1 is 1.13 bits per heavy atom. The quantitative estimate of drug-likeness (QED) is 0.649. The molecule has 0 bridgehead atoms. The van der Waals surface area contributed by atoms with Gasteiger partial charge in [-0.2, -0.15) is 0 Å². The molecule has 1 atom stereocenters. The summed E-state index contributed by atoms with van der Waals surface area (Å²) in [6.45, 7) is 7.35. The maximum Gasteiger partial charge on any atom is 0.283 e. The standard InChI is InChI=1S/C23H23N3O3S/c1-22(2,3)11-27-15-5-7-19-17(9-15)23(12-28-21(24)26-23)16-8-14(4-6-18(16)29-19)20-10-25-13-30-20/h4-10,13H,11-12H2,1-3H3,(H2,24,26)/t23-/m1/s1. The molecular weight excluding hydrogens is 398 g/mol. The highest BCUT2D eigenvalue weighted by molar-refractivity contribution is 7.13. The molecule has 1 aromatic heterocycles. The summed E-state index contributed by atoms with van der Waals surface area (Å²) in [4.78, 5) is 10.0. The van der Waals surface area contributed by atoms with Crippen molar-refractivity contribution in [3.05, 3.63) is 59.2 Å². The van der Waals surface area contributed by atoms with Crippen LogP contribution in [-0.2, 0) is 10.3 Å². The van der Waals surface area contributed by atoms with Crippen LogP contribution in [0.3, 0.4) is 0 Å². The second-order valence-corrected chi connectivity index (χ2v) is 9.67. The Bertz CT molecular complexity index is 1140. The zero-order valence-corrected chi connectivity index (χ0v) is 18.0. The molecule has 0 amide bonds. The van der Waals surface area contributed by atoms with Crippen molar-refractivity contribution in [2.24, 2.45) is 16.1 Å². The van der Waals surface area contributed by atoms with Gasteiger partial charge in [-0.1, -0.05) is 20.8 Å². The minimum atomic E-state index is -0.769. The number of nitrogens with zero attached hydrogens (tertiary/aromatic N) is 2. The van der Waals surface area contributed by atoms with Crippen LogP contribution in [0.25, 0.3) is 10.4 Å². The van der Waals surface area contributed by atoms with Crippen LogP contribution in [0.5, 0.6) is 17.2 Å². The highest BCUT2D eigenvalue weighted by Crippen LogP contribution is 2.52. The summed E-state index contributed by atoms with van der Waals surface area (Å²) in [7, 11) is 0. The Kier molecular flexibility index (Phi) is 4.25. The number of hydrogen-bond acceptors (Lipinski definition) is 7. The fourth-order valence-electron chi connectivity index (χ4n) is 3.74. The van der Waals surface area contributed by atoms with Gasteiger partial charge in [0.1, 0.15) is 23.9 Å². The van der Waals surface area contributed by atoms with Crippen LogP contribution in [-0.4, -0.2) is 24.2 Å². The zero-order valence-electron chi connectivity index (χ0n) is 17.1. The molecule has 2 aliphatic heterocycles. The molecule has 5 rings (SSSR count). The van der Waals surface area contributed by atoms with E-state index in [9.17, 15) is 0 Å². The maximum atomic E-state index is 6.24. The number of aromatic nitrogens is 1. The molecule has 1 spiro atoms. The van der Waals surface area contributed by atoms with E-state index in [1.165, 1.54) is 0 Å². The number of fused-ring (bicyclic) bond motifs is 4. The third-order valence-corrected chi connectivity index (χ3v) is 5.98. The lowest BCUT2D eigenvalue weighted by atomic mass is 9.80. The van der Waals surface area contributed by atoms with Crippen LogP contribution in [0.2, 0.25) is 0 Å². The molecule has 2 aromatic carbocycles. The van der Waals surface area contributed by atoms with E-state index in [1.807, 2.05) is 42.0 Å². The minimum Gasteiger partial charge on any atom is -0.493 e. The molecule has 0 fully saturated rings. The summed E-state index contributed by atoms with van der Waals surface area (Å²) in [6, 6.07) is 12.1. The predicted octanol–water partition coefficient (Wildman–Crippen LogP) is 4.93. The molecule has 0 aliphatic carbocycles. The van der Waals surface area contributed by atoms with E-state index in [0.29, 0.717) is 13.2 Å². The second-order valence-electron chi connectivity index (χ2n) is 8.78. The van der Waals surface area contributed by atoms with Gasteiger partial charge in [-0.3, -0.25) is 4.98 Å². The lowest BCUT2D eigenvalue weighted by Gasteiger charge is -2.34. The third kappa shape index (κ3) is 3.19. The fourth-order valence-corrected chi connectivity index (χ4v) is 4.36. The molecule has 30 heavy (non-hydrogen) atoms. The van der Waals surface area contributed by atoms with E-state index in [-0.39, 0.29) is 11.4 Å². The molecule has 7 heteroatoms. The van der Waals surface area contributed by atoms with Gasteiger partial charge >= 0.3 is 0 Å². The highest BCUT2D eigenvalue weighted by Gasteiger charge is 2.47. The number of nitrogens with two attached hydrogens (primary N) is 1. The van der Waals surface area contributed by atoms with Crippen LogP contribution in [0.1, 0.15) is 31.9 Å². The Balaban J connectivity index is 1.63. The van der Waals surface area contributed by atoms with Crippen molar-refractivity contribution in [2.75, 3.05) is 13.2 Å². The minimum absolute atomic E-state index is 0.0549. The summed E-state index contributed by atoms with van der Waals surface area (Å²) >= 11 is 1.59. The number of hydrogen-bond donors (Lipinski definition) is 1. The number of rotatable bonds is 3. The van der Waals surface area contributed by atoms with E-state index in [2.05, 4.69) is 31.8 Å². The molecule has 2 N–H and O–H groups in total. The molecular formula is C23H23N3O3S. The van der Waals surface area contributed by atoms with Crippen molar-refractivity contribution in [1.82, 2.24) is 4.98 Å². The van der Waals surface area contributed by atoms with E-state index in [0.717, 1.165) is 38.8 Å². The van der Waals surface area contributed by atoms with E-state index >= 15 is 0 Å². The van der Waals surface area contributed by atoms with Gasteiger partial charge in [-0.15, -0.1) is 11.3 Å². The SMILES string of the molecule is CC(C)(C)COc1ccc2c(c1)[C@@]1(COC(N)=N1)c1cc(-c3cncs3)ccc1O2. The number of thiazole rings is 1. The van der Waals surface area contributed by atoms with Gasteiger partial charge in [0.05, 0.1) is 17.0 Å². The molecule has 3 heterocycles. The summed E-state index contributed by atoms with van der Waals surface area (Å²) < 4.78 is 18.0. The topological polar surface area (TPSA) is 79.0 Å². The first kappa shape index (κ1) is 18.9. The van der Waals surface area contributed by atoms with Gasteiger partial charge in [0.2, 0.25) is 0 Å². The molecule has 0 unspecified atom stereocenters. The van der Waals surface area contributed by atoms with Gasteiger partial charge in [-0.25, -0.2) is 4.99 Å². The normalized spacial score (nSPS) is 19.5. The Hall–Kier alpha value is -3.06. The Morgan fingerprint density at radius 3 is 2.57 bits per heavy atom. The first-order valence-electron chi connectivity index (χ1n) is 9.81. The van der Waals surface area contributed by atoms with E-state index in [4.69, 9.17) is 24.9 Å². The summed E-state index contributed by atoms with van der Waals surface area (Å²) in [5.74, 6) is 2.26. The van der Waals surface area contributed by atoms with Crippen molar-refractivity contribution in [2.45, 2.75) is 26.3 Å². The average molecular weight is 422 g/mol. The maximum absolute atomic E-state index is 6.24. The molecule has 0 saturated heterocycles. The third-order valence-electron chi connectivity index (χ3n) is 5.16.